The minimum atomic E-state index is -3.47. The van der Waals surface area contributed by atoms with E-state index in [1.165, 1.54) is 10.7 Å². The highest BCUT2D eigenvalue weighted by atomic mass is 32.2. The molecule has 8 heteroatoms. The van der Waals surface area contributed by atoms with Crippen LogP contribution in [0.1, 0.15) is 32.1 Å². The Morgan fingerprint density at radius 3 is 2.64 bits per heavy atom. The zero-order valence-electron chi connectivity index (χ0n) is 14.4. The van der Waals surface area contributed by atoms with Crippen LogP contribution in [0.15, 0.2) is 18.2 Å². The molecule has 2 aliphatic rings. The first kappa shape index (κ1) is 17.8. The molecule has 7 nitrogen and oxygen atoms in total. The van der Waals surface area contributed by atoms with Crippen molar-refractivity contribution < 1.29 is 22.7 Å². The second-order valence-corrected chi connectivity index (χ2v) is 8.41. The number of sulfonamides is 1. The lowest BCUT2D eigenvalue weighted by Crippen LogP contribution is -2.40. The molecule has 1 aliphatic carbocycles. The van der Waals surface area contributed by atoms with Crippen LogP contribution in [-0.4, -0.2) is 40.5 Å². The topological polar surface area (TPSA) is 84.9 Å². The van der Waals surface area contributed by atoms with Crippen molar-refractivity contribution in [2.24, 2.45) is 5.92 Å². The van der Waals surface area contributed by atoms with Crippen LogP contribution < -0.4 is 19.1 Å². The Morgan fingerprint density at radius 1 is 1.20 bits per heavy atom. The molecule has 1 aromatic rings. The Kier molecular flexibility index (Phi) is 5.36. The molecular weight excluding hydrogens is 344 g/mol. The van der Waals surface area contributed by atoms with Crippen LogP contribution in [0.5, 0.6) is 11.5 Å². The summed E-state index contributed by atoms with van der Waals surface area (Å²) in [6.07, 6.45) is 6.36. The molecule has 1 N–H and O–H groups in total. The van der Waals surface area contributed by atoms with Gasteiger partial charge in [-0.05, 0) is 25.0 Å². The number of nitrogens with one attached hydrogen (secondary N) is 1. The standard InChI is InChI=1S/C17H24N2O5S/c1-25(21,22)19(14-7-8-15-16(11-14)24-12-23-15)10-9-18-17(20)13-5-3-2-4-6-13/h7-8,11,13H,2-6,9-10,12H2,1H3,(H,18,20). The maximum absolute atomic E-state index is 12.2. The van der Waals surface area contributed by atoms with Crippen molar-refractivity contribution in [1.82, 2.24) is 5.32 Å². The van der Waals surface area contributed by atoms with E-state index in [2.05, 4.69) is 5.32 Å². The first-order valence-electron chi connectivity index (χ1n) is 8.60. The minimum absolute atomic E-state index is 0.0267. The van der Waals surface area contributed by atoms with Crippen molar-refractivity contribution in [1.29, 1.82) is 0 Å². The quantitative estimate of drug-likeness (QED) is 0.829. The van der Waals surface area contributed by atoms with Crippen LogP contribution in [0.2, 0.25) is 0 Å². The van der Waals surface area contributed by atoms with Crippen molar-refractivity contribution in [2.45, 2.75) is 32.1 Å². The van der Waals surface area contributed by atoms with Crippen LogP contribution in [0, 0.1) is 5.92 Å². The van der Waals surface area contributed by atoms with Gasteiger partial charge in [-0.2, -0.15) is 0 Å². The minimum Gasteiger partial charge on any atom is -0.454 e. The van der Waals surface area contributed by atoms with Gasteiger partial charge in [0.1, 0.15) is 0 Å². The second-order valence-electron chi connectivity index (χ2n) is 6.50. The molecule has 25 heavy (non-hydrogen) atoms. The fourth-order valence-electron chi connectivity index (χ4n) is 3.32. The molecule has 138 valence electrons. The SMILES string of the molecule is CS(=O)(=O)N(CCNC(=O)C1CCCCC1)c1ccc2c(c1)OCO2. The molecule has 1 aliphatic heterocycles. The van der Waals surface area contributed by atoms with E-state index in [4.69, 9.17) is 9.47 Å². The molecule has 1 fully saturated rings. The summed E-state index contributed by atoms with van der Waals surface area (Å²) in [6.45, 7) is 0.586. The van der Waals surface area contributed by atoms with Gasteiger partial charge >= 0.3 is 0 Å². The molecule has 1 aromatic carbocycles. The van der Waals surface area contributed by atoms with Crippen molar-refractivity contribution in [3.63, 3.8) is 0 Å². The Morgan fingerprint density at radius 2 is 1.92 bits per heavy atom. The molecule has 1 heterocycles. The van der Waals surface area contributed by atoms with E-state index in [0.29, 0.717) is 17.2 Å². The summed E-state index contributed by atoms with van der Waals surface area (Å²) < 4.78 is 36.1. The predicted molar refractivity (Wildman–Crippen MR) is 94.3 cm³/mol. The van der Waals surface area contributed by atoms with Crippen LogP contribution in [-0.2, 0) is 14.8 Å². The molecule has 0 radical (unpaired) electrons. The Hall–Kier alpha value is -1.96. The van der Waals surface area contributed by atoms with Crippen LogP contribution in [0.4, 0.5) is 5.69 Å². The monoisotopic (exact) mass is 368 g/mol. The highest BCUT2D eigenvalue weighted by molar-refractivity contribution is 7.92. The van der Waals surface area contributed by atoms with Gasteiger partial charge < -0.3 is 14.8 Å². The molecule has 0 spiro atoms. The zero-order chi connectivity index (χ0) is 17.9. The lowest BCUT2D eigenvalue weighted by Gasteiger charge is -2.24. The third kappa shape index (κ3) is 4.36. The number of nitrogens with zero attached hydrogens (tertiary/aromatic N) is 1. The van der Waals surface area contributed by atoms with Gasteiger partial charge in [0.25, 0.3) is 0 Å². The lowest BCUT2D eigenvalue weighted by molar-refractivity contribution is -0.125. The van der Waals surface area contributed by atoms with Gasteiger partial charge in [0.05, 0.1) is 18.5 Å². The van der Waals surface area contributed by atoms with Gasteiger partial charge in [0.2, 0.25) is 22.7 Å². The molecular formula is C17H24N2O5S. The largest absolute Gasteiger partial charge is 0.454 e. The normalized spacial score (nSPS) is 17.3. The Balaban J connectivity index is 1.63. The summed E-state index contributed by atoms with van der Waals surface area (Å²) in [4.78, 5) is 12.2. The molecule has 3 rings (SSSR count). The third-order valence-electron chi connectivity index (χ3n) is 4.63. The van der Waals surface area contributed by atoms with Gasteiger partial charge in [0, 0.05) is 18.5 Å². The Labute approximate surface area is 148 Å². The fraction of sp³-hybridized carbons (Fsp3) is 0.588. The van der Waals surface area contributed by atoms with Gasteiger partial charge in [-0.15, -0.1) is 0 Å². The number of carbonyl (C=O) groups is 1. The number of benzene rings is 1. The maximum atomic E-state index is 12.2. The number of fused-ring (bicyclic) bond motifs is 1. The molecule has 0 aromatic heterocycles. The van der Waals surface area contributed by atoms with E-state index in [-0.39, 0.29) is 31.7 Å². The average Bonchev–Trinajstić information content (AvgIpc) is 3.05. The van der Waals surface area contributed by atoms with Crippen molar-refractivity contribution in [3.05, 3.63) is 18.2 Å². The summed E-state index contributed by atoms with van der Waals surface area (Å²) in [5.41, 5.74) is 0.499. The van der Waals surface area contributed by atoms with Gasteiger partial charge in [-0.25, -0.2) is 8.42 Å². The van der Waals surface area contributed by atoms with Crippen molar-refractivity contribution in [3.8, 4) is 11.5 Å². The summed E-state index contributed by atoms with van der Waals surface area (Å²) in [7, 11) is -3.47. The van der Waals surface area contributed by atoms with Crippen LogP contribution in [0.3, 0.4) is 0 Å². The summed E-state index contributed by atoms with van der Waals surface area (Å²) in [5.74, 6) is 1.21. The number of anilines is 1. The van der Waals surface area contributed by atoms with Gasteiger partial charge in [0.15, 0.2) is 11.5 Å². The number of rotatable bonds is 6. The third-order valence-corrected chi connectivity index (χ3v) is 5.83. The highest BCUT2D eigenvalue weighted by Crippen LogP contribution is 2.36. The van der Waals surface area contributed by atoms with Crippen LogP contribution >= 0.6 is 0 Å². The molecule has 1 saturated carbocycles. The van der Waals surface area contributed by atoms with E-state index < -0.39 is 10.0 Å². The lowest BCUT2D eigenvalue weighted by atomic mass is 9.89. The second kappa shape index (κ2) is 7.51. The van der Waals surface area contributed by atoms with E-state index in [1.54, 1.807) is 18.2 Å². The molecule has 0 bridgehead atoms. The highest BCUT2D eigenvalue weighted by Gasteiger charge is 2.23. The summed E-state index contributed by atoms with van der Waals surface area (Å²) >= 11 is 0. The van der Waals surface area contributed by atoms with E-state index in [0.717, 1.165) is 31.9 Å². The number of carbonyl (C=O) groups excluding carboxylic acids is 1. The number of amides is 1. The predicted octanol–water partition coefficient (Wildman–Crippen LogP) is 1.88. The van der Waals surface area contributed by atoms with Gasteiger partial charge in [-0.3, -0.25) is 9.10 Å². The molecule has 1 amide bonds. The maximum Gasteiger partial charge on any atom is 0.232 e. The smallest absolute Gasteiger partial charge is 0.232 e. The number of hydrogen-bond donors (Lipinski definition) is 1. The zero-order valence-corrected chi connectivity index (χ0v) is 15.2. The van der Waals surface area contributed by atoms with Crippen molar-refractivity contribution in [2.75, 3.05) is 30.4 Å². The fourth-order valence-corrected chi connectivity index (χ4v) is 4.24. The van der Waals surface area contributed by atoms with Crippen molar-refractivity contribution >= 4 is 21.6 Å². The molecule has 0 atom stereocenters. The first-order valence-corrected chi connectivity index (χ1v) is 10.4. The number of ether oxygens (including phenoxy) is 2. The first-order chi connectivity index (χ1) is 11.9. The van der Waals surface area contributed by atoms with E-state index in [9.17, 15) is 13.2 Å². The summed E-state index contributed by atoms with van der Waals surface area (Å²) in [6, 6.07) is 5.01. The average molecular weight is 368 g/mol. The van der Waals surface area contributed by atoms with E-state index >= 15 is 0 Å². The van der Waals surface area contributed by atoms with Gasteiger partial charge in [-0.1, -0.05) is 19.3 Å². The molecule has 0 unspecified atom stereocenters. The van der Waals surface area contributed by atoms with E-state index in [1.807, 2.05) is 0 Å². The Bertz CT molecular complexity index is 729. The molecule has 0 saturated heterocycles. The van der Waals surface area contributed by atoms with Crippen LogP contribution in [0.25, 0.3) is 0 Å². The summed E-state index contributed by atoms with van der Waals surface area (Å²) in [5, 5.41) is 2.88. The number of hydrogen-bond acceptors (Lipinski definition) is 5.